The van der Waals surface area contributed by atoms with Gasteiger partial charge in [0, 0.05) is 24.0 Å². The van der Waals surface area contributed by atoms with Crippen molar-refractivity contribution < 1.29 is 0 Å². The number of fused-ring (bicyclic) bond motifs is 2. The van der Waals surface area contributed by atoms with Gasteiger partial charge in [0.2, 0.25) is 0 Å². The Hall–Kier alpha value is -2.71. The van der Waals surface area contributed by atoms with Crippen LogP contribution in [0.25, 0.3) is 21.3 Å². The summed E-state index contributed by atoms with van der Waals surface area (Å²) in [5.41, 5.74) is 3.18. The molecule has 5 rings (SSSR count). The second-order valence-electron chi connectivity index (χ2n) is 8.92. The number of nitrogens with zero attached hydrogens (tertiary/aromatic N) is 5. The summed E-state index contributed by atoms with van der Waals surface area (Å²) in [5.74, 6) is 1.96. The first kappa shape index (κ1) is 22.1. The summed E-state index contributed by atoms with van der Waals surface area (Å²) in [7, 11) is 0. The van der Waals surface area contributed by atoms with Gasteiger partial charge in [-0.3, -0.25) is 9.47 Å². The first-order valence-electron chi connectivity index (χ1n) is 11.9. The van der Waals surface area contributed by atoms with E-state index in [0.29, 0.717) is 0 Å². The van der Waals surface area contributed by atoms with E-state index >= 15 is 0 Å². The number of aromatic amines is 1. The average Bonchev–Trinajstić information content (AvgIpc) is 3.31. The van der Waals surface area contributed by atoms with Crippen molar-refractivity contribution in [2.24, 2.45) is 0 Å². The first-order valence-corrected chi connectivity index (χ1v) is 12.7. The van der Waals surface area contributed by atoms with Gasteiger partial charge < -0.3 is 9.88 Å². The van der Waals surface area contributed by atoms with Crippen LogP contribution < -0.4 is 10.6 Å². The van der Waals surface area contributed by atoms with E-state index in [2.05, 4.69) is 42.5 Å². The van der Waals surface area contributed by atoms with Gasteiger partial charge in [0.25, 0.3) is 0 Å². The molecule has 1 saturated heterocycles. The fourth-order valence-electron chi connectivity index (χ4n) is 4.99. The lowest BCUT2D eigenvalue weighted by Gasteiger charge is -2.34. The van der Waals surface area contributed by atoms with Crippen molar-refractivity contribution in [2.45, 2.75) is 53.1 Å². The lowest BCUT2D eigenvalue weighted by molar-refractivity contribution is 0.288. The molecule has 33 heavy (non-hydrogen) atoms. The van der Waals surface area contributed by atoms with Crippen LogP contribution in [0.4, 0.5) is 5.82 Å². The fraction of sp³-hybridized carbons (Fsp3) is 0.480. The molecular formula is C25H32N6OS. The van der Waals surface area contributed by atoms with Gasteiger partial charge in [-0.25, -0.2) is 14.8 Å². The predicted octanol–water partition coefficient (Wildman–Crippen LogP) is 4.63. The zero-order valence-corrected chi connectivity index (χ0v) is 20.7. The van der Waals surface area contributed by atoms with Crippen LogP contribution in [-0.4, -0.2) is 50.6 Å². The van der Waals surface area contributed by atoms with E-state index in [-0.39, 0.29) is 11.7 Å². The molecule has 1 fully saturated rings. The lowest BCUT2D eigenvalue weighted by Crippen LogP contribution is -2.37. The minimum absolute atomic E-state index is 0.00936. The summed E-state index contributed by atoms with van der Waals surface area (Å²) in [5, 5.41) is 1.20. The molecule has 0 saturated carbocycles. The number of aryl methyl sites for hydroxylation is 2. The van der Waals surface area contributed by atoms with E-state index in [0.717, 1.165) is 73.1 Å². The summed E-state index contributed by atoms with van der Waals surface area (Å²) >= 11 is 1.77. The van der Waals surface area contributed by atoms with Gasteiger partial charge in [0.1, 0.15) is 16.5 Å². The monoisotopic (exact) mass is 464 g/mol. The van der Waals surface area contributed by atoms with Crippen LogP contribution >= 0.6 is 11.3 Å². The van der Waals surface area contributed by atoms with Gasteiger partial charge >= 0.3 is 5.69 Å². The molecule has 0 bridgehead atoms. The van der Waals surface area contributed by atoms with E-state index in [1.165, 1.54) is 15.8 Å². The smallest absolute Gasteiger partial charge is 0.326 e. The van der Waals surface area contributed by atoms with Crippen LogP contribution in [0.15, 0.2) is 29.1 Å². The van der Waals surface area contributed by atoms with Crippen LogP contribution in [0.3, 0.4) is 0 Å². The Morgan fingerprint density at radius 1 is 1.12 bits per heavy atom. The van der Waals surface area contributed by atoms with Gasteiger partial charge in [0.05, 0.1) is 23.0 Å². The molecular weight excluding hydrogens is 432 g/mol. The number of hydrogen-bond acceptors (Lipinski definition) is 6. The predicted molar refractivity (Wildman–Crippen MR) is 137 cm³/mol. The maximum atomic E-state index is 12.7. The van der Waals surface area contributed by atoms with Crippen molar-refractivity contribution in [2.75, 3.05) is 31.1 Å². The van der Waals surface area contributed by atoms with Crippen molar-refractivity contribution in [3.8, 4) is 0 Å². The minimum atomic E-state index is -0.00936. The van der Waals surface area contributed by atoms with Crippen LogP contribution in [0.2, 0.25) is 0 Å². The molecule has 1 aliphatic rings. The topological polar surface area (TPSA) is 70.1 Å². The van der Waals surface area contributed by atoms with E-state index in [9.17, 15) is 4.79 Å². The number of anilines is 1. The Labute approximate surface area is 198 Å². The minimum Gasteiger partial charge on any atom is -0.356 e. The molecule has 0 spiro atoms. The third-order valence-electron chi connectivity index (χ3n) is 7.07. The van der Waals surface area contributed by atoms with Crippen LogP contribution in [0, 0.1) is 13.8 Å². The Morgan fingerprint density at radius 2 is 1.85 bits per heavy atom. The van der Waals surface area contributed by atoms with Gasteiger partial charge in [-0.2, -0.15) is 0 Å². The highest BCUT2D eigenvalue weighted by molar-refractivity contribution is 7.18. The molecule has 4 heterocycles. The maximum Gasteiger partial charge on any atom is 0.326 e. The second kappa shape index (κ2) is 8.91. The standard InChI is InChI=1S/C25H32N6OS/c1-5-29(6-2)15-21-27-23(22-16(3)17(4)33-24(22)28-21)30-13-11-18(12-14-30)31-20-10-8-7-9-19(20)26-25(31)32/h7-10,18H,5-6,11-15H2,1-4H3,(H,26,32). The average molecular weight is 465 g/mol. The van der Waals surface area contributed by atoms with Gasteiger partial charge in [-0.15, -0.1) is 11.3 Å². The van der Waals surface area contributed by atoms with Crippen molar-refractivity contribution in [1.82, 2.24) is 24.4 Å². The zero-order valence-electron chi connectivity index (χ0n) is 19.9. The number of aromatic nitrogens is 4. The molecule has 0 amide bonds. The summed E-state index contributed by atoms with van der Waals surface area (Å²) in [6.07, 6.45) is 1.83. The van der Waals surface area contributed by atoms with Crippen molar-refractivity contribution in [3.05, 3.63) is 51.0 Å². The summed E-state index contributed by atoms with van der Waals surface area (Å²) in [4.78, 5) is 32.9. The Kier molecular flexibility index (Phi) is 5.97. The molecule has 0 atom stereocenters. The molecule has 8 heteroatoms. The van der Waals surface area contributed by atoms with Crippen LogP contribution in [0.5, 0.6) is 0 Å². The third kappa shape index (κ3) is 3.95. The number of thiophene rings is 1. The van der Waals surface area contributed by atoms with E-state index in [1.807, 2.05) is 28.8 Å². The Morgan fingerprint density at radius 3 is 2.58 bits per heavy atom. The molecule has 0 unspecified atom stereocenters. The molecule has 1 N–H and O–H groups in total. The lowest BCUT2D eigenvalue weighted by atomic mass is 10.0. The number of para-hydroxylation sites is 2. The third-order valence-corrected chi connectivity index (χ3v) is 8.17. The second-order valence-corrected chi connectivity index (χ2v) is 10.1. The van der Waals surface area contributed by atoms with Gasteiger partial charge in [0.15, 0.2) is 0 Å². The number of H-pyrrole nitrogens is 1. The Balaban J connectivity index is 1.46. The van der Waals surface area contributed by atoms with E-state index in [1.54, 1.807) is 11.3 Å². The summed E-state index contributed by atoms with van der Waals surface area (Å²) in [6.45, 7) is 13.2. The highest BCUT2D eigenvalue weighted by Crippen LogP contribution is 2.37. The van der Waals surface area contributed by atoms with Gasteiger partial charge in [-0.05, 0) is 57.5 Å². The maximum absolute atomic E-state index is 12.7. The number of hydrogen-bond donors (Lipinski definition) is 1. The molecule has 1 aromatic carbocycles. The van der Waals surface area contributed by atoms with Crippen molar-refractivity contribution in [1.29, 1.82) is 0 Å². The number of piperidine rings is 1. The van der Waals surface area contributed by atoms with Gasteiger partial charge in [-0.1, -0.05) is 26.0 Å². The van der Waals surface area contributed by atoms with Crippen LogP contribution in [-0.2, 0) is 6.54 Å². The van der Waals surface area contributed by atoms with Crippen LogP contribution in [0.1, 0.15) is 49.0 Å². The van der Waals surface area contributed by atoms with Crippen molar-refractivity contribution in [3.63, 3.8) is 0 Å². The number of nitrogens with one attached hydrogen (secondary N) is 1. The summed E-state index contributed by atoms with van der Waals surface area (Å²) < 4.78 is 1.95. The Bertz CT molecular complexity index is 1340. The number of rotatable bonds is 6. The fourth-order valence-corrected chi connectivity index (χ4v) is 6.03. The summed E-state index contributed by atoms with van der Waals surface area (Å²) in [6, 6.07) is 8.16. The van der Waals surface area contributed by atoms with E-state index in [4.69, 9.17) is 9.97 Å². The van der Waals surface area contributed by atoms with E-state index < -0.39 is 0 Å². The molecule has 0 aliphatic carbocycles. The molecule has 3 aromatic heterocycles. The number of imidazole rings is 1. The normalized spacial score (nSPS) is 15.4. The first-order chi connectivity index (χ1) is 16.0. The highest BCUT2D eigenvalue weighted by Gasteiger charge is 2.27. The molecule has 7 nitrogen and oxygen atoms in total. The van der Waals surface area contributed by atoms with Crippen molar-refractivity contribution >= 4 is 38.4 Å². The molecule has 4 aromatic rings. The molecule has 0 radical (unpaired) electrons. The number of benzene rings is 1. The molecule has 174 valence electrons. The molecule has 1 aliphatic heterocycles. The largest absolute Gasteiger partial charge is 0.356 e. The highest BCUT2D eigenvalue weighted by atomic mass is 32.1. The quantitative estimate of drug-likeness (QED) is 0.450. The zero-order chi connectivity index (χ0) is 23.1. The SMILES string of the molecule is CCN(CC)Cc1nc(N2CCC(n3c(=O)[nH]c4ccccc43)CC2)c2c(C)c(C)sc2n1.